The van der Waals surface area contributed by atoms with Gasteiger partial charge in [-0.1, -0.05) is 109 Å². The topological polar surface area (TPSA) is 41.3 Å². The minimum absolute atomic E-state index is 0.242. The molecule has 1 heterocycles. The Kier molecular flexibility index (Phi) is 8.35. The van der Waals surface area contributed by atoms with Gasteiger partial charge in [-0.15, -0.1) is 0 Å². The van der Waals surface area contributed by atoms with Gasteiger partial charge in [0.1, 0.15) is 17.1 Å². The lowest BCUT2D eigenvalue weighted by Gasteiger charge is -2.36. The van der Waals surface area contributed by atoms with Gasteiger partial charge in [0, 0.05) is 0 Å². The normalized spacial score (nSPS) is 15.4. The Morgan fingerprint density at radius 2 is 1.11 bits per heavy atom. The third kappa shape index (κ3) is 6.03. The van der Waals surface area contributed by atoms with Crippen LogP contribution in [0.1, 0.15) is 49.9 Å². The summed E-state index contributed by atoms with van der Waals surface area (Å²) in [6.45, 7) is 15.7. The van der Waals surface area contributed by atoms with Crippen LogP contribution >= 0.6 is 0 Å². The highest BCUT2D eigenvalue weighted by Gasteiger charge is 2.52. The van der Waals surface area contributed by atoms with Crippen molar-refractivity contribution in [1.82, 2.24) is 0 Å². The second-order valence-electron chi connectivity index (χ2n) is 12.2. The summed E-state index contributed by atoms with van der Waals surface area (Å²) in [7, 11) is -0.583. The van der Waals surface area contributed by atoms with Gasteiger partial charge in [-0.2, -0.15) is 0 Å². The molecule has 1 saturated heterocycles. The first-order valence-electron chi connectivity index (χ1n) is 15.2. The zero-order valence-electron chi connectivity index (χ0n) is 26.1. The Morgan fingerprint density at radius 3 is 1.58 bits per heavy atom. The highest BCUT2D eigenvalue weighted by molar-refractivity contribution is 6.62. The summed E-state index contributed by atoms with van der Waals surface area (Å²) in [5.74, 6) is 1.29. The van der Waals surface area contributed by atoms with Crippen LogP contribution in [0.15, 0.2) is 133 Å². The number of benzene rings is 5. The largest absolute Gasteiger partial charge is 0.495 e. The Morgan fingerprint density at radius 1 is 0.644 bits per heavy atom. The maximum atomic E-state index is 7.25. The van der Waals surface area contributed by atoms with Gasteiger partial charge < -0.3 is 18.8 Å². The van der Waals surface area contributed by atoms with Crippen molar-refractivity contribution in [2.24, 2.45) is 0 Å². The van der Waals surface area contributed by atoms with Crippen LogP contribution in [0.5, 0.6) is 11.5 Å². The SMILES string of the molecule is [C-]#[N+]c1ccc(Oc2ccc(B3OC(C)(C)C(C)(C)O3)c(COC(c3ccccc3)(c3ccccc3)c3ccccc3)c2)cc1. The molecule has 5 aromatic rings. The smallest absolute Gasteiger partial charge is 0.457 e. The number of hydrogen-bond donors (Lipinski definition) is 0. The zero-order chi connectivity index (χ0) is 31.5. The maximum absolute atomic E-state index is 7.25. The first-order chi connectivity index (χ1) is 21.7. The van der Waals surface area contributed by atoms with Crippen LogP contribution in [0.2, 0.25) is 0 Å². The summed E-state index contributed by atoms with van der Waals surface area (Å²) >= 11 is 0. The molecule has 6 rings (SSSR count). The van der Waals surface area contributed by atoms with Crippen LogP contribution in [0.3, 0.4) is 0 Å². The molecule has 0 unspecified atom stereocenters. The molecule has 0 radical (unpaired) electrons. The molecule has 0 aliphatic carbocycles. The van der Waals surface area contributed by atoms with Gasteiger partial charge in [-0.25, -0.2) is 4.85 Å². The summed E-state index contributed by atoms with van der Waals surface area (Å²) in [6, 6.07) is 44.0. The summed E-state index contributed by atoms with van der Waals surface area (Å²) < 4.78 is 26.5. The van der Waals surface area contributed by atoms with Crippen molar-refractivity contribution in [2.75, 3.05) is 0 Å². The minimum Gasteiger partial charge on any atom is -0.457 e. The number of rotatable bonds is 9. The molecule has 5 aromatic carbocycles. The molecule has 0 amide bonds. The van der Waals surface area contributed by atoms with Crippen LogP contribution in [0.4, 0.5) is 5.69 Å². The average molecular weight is 594 g/mol. The van der Waals surface area contributed by atoms with Crippen LogP contribution in [-0.2, 0) is 26.3 Å². The fourth-order valence-electron chi connectivity index (χ4n) is 5.65. The second-order valence-corrected chi connectivity index (χ2v) is 12.2. The zero-order valence-corrected chi connectivity index (χ0v) is 26.1. The summed E-state index contributed by atoms with van der Waals surface area (Å²) in [6.07, 6.45) is 0. The molecule has 1 aliphatic heterocycles. The van der Waals surface area contributed by atoms with Gasteiger partial charge in [-0.05, 0) is 79.7 Å². The summed E-state index contributed by atoms with van der Waals surface area (Å²) in [4.78, 5) is 3.48. The molecule has 1 fully saturated rings. The lowest BCUT2D eigenvalue weighted by atomic mass is 9.75. The average Bonchev–Trinajstić information content (AvgIpc) is 3.29. The van der Waals surface area contributed by atoms with Crippen molar-refractivity contribution < 1.29 is 18.8 Å². The molecule has 0 spiro atoms. The Labute approximate surface area is 266 Å². The summed E-state index contributed by atoms with van der Waals surface area (Å²) in [5.41, 5.74) is 3.49. The first-order valence-corrected chi connectivity index (χ1v) is 15.2. The van der Waals surface area contributed by atoms with Gasteiger partial charge in [0.25, 0.3) is 0 Å². The van der Waals surface area contributed by atoms with Gasteiger partial charge in [0.15, 0.2) is 5.69 Å². The van der Waals surface area contributed by atoms with Gasteiger partial charge >= 0.3 is 7.12 Å². The van der Waals surface area contributed by atoms with Crippen LogP contribution in [0, 0.1) is 6.57 Å². The molecule has 0 aromatic heterocycles. The van der Waals surface area contributed by atoms with E-state index in [2.05, 4.69) is 68.9 Å². The fourth-order valence-corrected chi connectivity index (χ4v) is 5.65. The lowest BCUT2D eigenvalue weighted by Crippen LogP contribution is -2.41. The maximum Gasteiger partial charge on any atom is 0.495 e. The number of hydrogen-bond acceptors (Lipinski definition) is 4. The third-order valence-electron chi connectivity index (χ3n) is 8.81. The Hall–Kier alpha value is -4.67. The van der Waals surface area contributed by atoms with Crippen molar-refractivity contribution in [2.45, 2.75) is 51.1 Å². The van der Waals surface area contributed by atoms with Gasteiger partial charge in [-0.3, -0.25) is 0 Å². The minimum atomic E-state index is -0.899. The molecule has 0 bridgehead atoms. The van der Waals surface area contributed by atoms with E-state index in [4.69, 9.17) is 25.4 Å². The van der Waals surface area contributed by atoms with Gasteiger partial charge in [0.2, 0.25) is 0 Å². The van der Waals surface area contributed by atoms with E-state index in [0.717, 1.165) is 27.7 Å². The lowest BCUT2D eigenvalue weighted by molar-refractivity contribution is 0.000464. The van der Waals surface area contributed by atoms with Crippen molar-refractivity contribution in [1.29, 1.82) is 0 Å². The molecule has 0 saturated carbocycles. The fraction of sp³-hybridized carbons (Fsp3) is 0.205. The molecule has 0 atom stereocenters. The van der Waals surface area contributed by atoms with E-state index in [0.29, 0.717) is 17.2 Å². The van der Waals surface area contributed by atoms with E-state index >= 15 is 0 Å². The standard InChI is InChI=1S/C39H36BNO4/c1-37(2)38(3,4)45-40(44-37)36-26-25-35(43-34-23-21-33(41-5)22-24-34)27-29(36)28-42-39(30-15-9-6-10-16-30,31-17-11-7-12-18-31)32-19-13-8-14-20-32/h6-27H,28H2,1-4H3. The molecule has 5 nitrogen and oxygen atoms in total. The highest BCUT2D eigenvalue weighted by Crippen LogP contribution is 2.42. The van der Waals surface area contributed by atoms with E-state index in [1.54, 1.807) is 24.3 Å². The van der Waals surface area contributed by atoms with Crippen molar-refractivity contribution in [3.8, 4) is 11.5 Å². The monoisotopic (exact) mass is 593 g/mol. The molecule has 0 N–H and O–H groups in total. The molecular formula is C39H36BNO4. The summed E-state index contributed by atoms with van der Waals surface area (Å²) in [5, 5.41) is 0. The van der Waals surface area contributed by atoms with Crippen molar-refractivity contribution >= 4 is 18.3 Å². The van der Waals surface area contributed by atoms with E-state index in [1.807, 2.05) is 72.8 Å². The predicted molar refractivity (Wildman–Crippen MR) is 179 cm³/mol. The number of ether oxygens (including phenoxy) is 2. The van der Waals surface area contributed by atoms with Crippen molar-refractivity contribution in [3.63, 3.8) is 0 Å². The van der Waals surface area contributed by atoms with Crippen LogP contribution in [0.25, 0.3) is 4.85 Å². The molecule has 224 valence electrons. The Bertz CT molecular complexity index is 1670. The van der Waals surface area contributed by atoms with E-state index in [9.17, 15) is 0 Å². The van der Waals surface area contributed by atoms with E-state index < -0.39 is 23.9 Å². The highest BCUT2D eigenvalue weighted by atomic mass is 16.7. The first kappa shape index (κ1) is 30.4. The molecule has 45 heavy (non-hydrogen) atoms. The number of nitrogens with zero attached hydrogens (tertiary/aromatic N) is 1. The van der Waals surface area contributed by atoms with Crippen LogP contribution in [-0.4, -0.2) is 18.3 Å². The molecule has 1 aliphatic rings. The Balaban J connectivity index is 1.45. The van der Waals surface area contributed by atoms with Gasteiger partial charge in [0.05, 0.1) is 24.4 Å². The second kappa shape index (κ2) is 12.4. The predicted octanol–water partition coefficient (Wildman–Crippen LogP) is 8.84. The van der Waals surface area contributed by atoms with Crippen molar-refractivity contribution in [3.05, 3.63) is 167 Å². The molecule has 6 heteroatoms. The van der Waals surface area contributed by atoms with Crippen LogP contribution < -0.4 is 10.2 Å². The van der Waals surface area contributed by atoms with E-state index in [1.165, 1.54) is 0 Å². The molecular weight excluding hydrogens is 557 g/mol. The van der Waals surface area contributed by atoms with E-state index in [-0.39, 0.29) is 6.61 Å². The quantitative estimate of drug-likeness (QED) is 0.0973. The third-order valence-corrected chi connectivity index (χ3v) is 8.81.